The number of benzene rings is 2. The Morgan fingerprint density at radius 3 is 2.52 bits per heavy atom. The summed E-state index contributed by atoms with van der Waals surface area (Å²) in [6.45, 7) is 14.8. The number of anilines is 1. The maximum Gasteiger partial charge on any atom is 0.203 e. The van der Waals surface area contributed by atoms with Crippen molar-refractivity contribution in [3.8, 4) is 11.3 Å². The fourth-order valence-electron chi connectivity index (χ4n) is 4.00. The lowest BCUT2D eigenvalue weighted by atomic mass is 9.89. The number of hydrogen-bond acceptors (Lipinski definition) is 3. The van der Waals surface area contributed by atoms with E-state index in [-0.39, 0.29) is 0 Å². The van der Waals surface area contributed by atoms with Gasteiger partial charge in [-0.2, -0.15) is 0 Å². The van der Waals surface area contributed by atoms with E-state index in [1.807, 2.05) is 31.2 Å². The Bertz CT molecular complexity index is 1210. The van der Waals surface area contributed by atoms with Crippen LogP contribution in [-0.2, 0) is 4.79 Å². The highest BCUT2D eigenvalue weighted by Gasteiger charge is 2.21. The van der Waals surface area contributed by atoms with Gasteiger partial charge < -0.3 is 9.73 Å². The predicted octanol–water partition coefficient (Wildman–Crippen LogP) is 5.50. The van der Waals surface area contributed by atoms with Crippen molar-refractivity contribution >= 4 is 28.5 Å². The van der Waals surface area contributed by atoms with Crippen LogP contribution >= 0.6 is 0 Å². The molecule has 0 radical (unpaired) electrons. The first kappa shape index (κ1) is 22.3. The number of nitrogens with zero attached hydrogens (tertiary/aromatic N) is 1. The summed E-state index contributed by atoms with van der Waals surface area (Å²) in [5.41, 5.74) is 5.18. The predicted molar refractivity (Wildman–Crippen MR) is 131 cm³/mol. The van der Waals surface area contributed by atoms with Crippen LogP contribution in [0.2, 0.25) is 0 Å². The number of carbonyl (C=O) groups is 1. The third kappa shape index (κ3) is 4.38. The molecular weight excluding hydrogens is 384 g/mol. The van der Waals surface area contributed by atoms with Crippen LogP contribution in [0.5, 0.6) is 0 Å². The summed E-state index contributed by atoms with van der Waals surface area (Å²) in [7, 11) is 0. The number of fused-ring (bicyclic) bond motifs is 2. The third-order valence-electron chi connectivity index (χ3n) is 5.52. The molecule has 2 aliphatic rings. The quantitative estimate of drug-likeness (QED) is 0.174. The molecule has 0 fully saturated rings. The summed E-state index contributed by atoms with van der Waals surface area (Å²) < 4.78 is 8.69. The number of carbonyl (C=O) groups excluding carboxylic acids is 1. The maximum absolute atomic E-state index is 11.9. The molecule has 0 unspecified atom stereocenters. The smallest absolute Gasteiger partial charge is 0.203 e. The topological polar surface area (TPSA) is 45.2 Å². The van der Waals surface area contributed by atoms with Crippen LogP contribution in [-0.4, -0.2) is 25.9 Å². The summed E-state index contributed by atoms with van der Waals surface area (Å²) in [6.07, 6.45) is 6.35. The molecule has 4 nitrogen and oxygen atoms in total. The van der Waals surface area contributed by atoms with Gasteiger partial charge in [-0.3, -0.25) is 4.79 Å². The van der Waals surface area contributed by atoms with Gasteiger partial charge in [-0.25, -0.2) is 4.58 Å². The lowest BCUT2D eigenvalue weighted by molar-refractivity contribution is -0.104. The summed E-state index contributed by atoms with van der Waals surface area (Å²) in [5.74, 6) is 0.789. The van der Waals surface area contributed by atoms with Crippen LogP contribution in [0.25, 0.3) is 27.9 Å². The standard InChI is InChI=1S/C27H30N2O2/c1-6-11-22(19(7-2)18-30)27-23-14-12-20(28-8-3)16-25(23)31-26-17-21(13-15-24(26)27)29(9-4)10-5/h6-7,11-18H,1,8-10H2,2-5H3/p+1/b19-7-,22-11+. The van der Waals surface area contributed by atoms with Gasteiger partial charge in [0.05, 0.1) is 6.07 Å². The first-order valence-electron chi connectivity index (χ1n) is 10.9. The van der Waals surface area contributed by atoms with E-state index in [1.165, 1.54) is 0 Å². The van der Waals surface area contributed by atoms with Gasteiger partial charge in [0.25, 0.3) is 0 Å². The number of aldehydes is 1. The van der Waals surface area contributed by atoms with Crippen LogP contribution in [0, 0.1) is 0 Å². The number of allylic oxidation sites excluding steroid dienone is 5. The Morgan fingerprint density at radius 1 is 1.13 bits per heavy atom. The Hall–Kier alpha value is -3.40. The van der Waals surface area contributed by atoms with Crippen molar-refractivity contribution in [2.75, 3.05) is 25.0 Å². The number of nitrogens with one attached hydrogen (secondary N) is 1. The number of hydrogen-bond donors (Lipinski definition) is 1. The van der Waals surface area contributed by atoms with E-state index in [2.05, 4.69) is 61.5 Å². The van der Waals surface area contributed by atoms with Crippen molar-refractivity contribution in [3.05, 3.63) is 77.7 Å². The van der Waals surface area contributed by atoms with Crippen molar-refractivity contribution in [2.45, 2.75) is 27.7 Å². The van der Waals surface area contributed by atoms with Crippen molar-refractivity contribution in [1.82, 2.24) is 4.58 Å². The van der Waals surface area contributed by atoms with Crippen molar-refractivity contribution < 1.29 is 9.21 Å². The Labute approximate surface area is 184 Å². The van der Waals surface area contributed by atoms with Crippen LogP contribution in [0.15, 0.2) is 71.2 Å². The molecule has 1 aromatic carbocycles. The minimum absolute atomic E-state index is 0.622. The number of rotatable bonds is 8. The monoisotopic (exact) mass is 415 g/mol. The molecule has 0 aromatic heterocycles. The van der Waals surface area contributed by atoms with Crippen LogP contribution in [0.4, 0.5) is 5.69 Å². The Kier molecular flexibility index (Phi) is 7.24. The molecule has 31 heavy (non-hydrogen) atoms. The van der Waals surface area contributed by atoms with E-state index in [4.69, 9.17) is 4.42 Å². The zero-order valence-electron chi connectivity index (χ0n) is 18.9. The van der Waals surface area contributed by atoms with E-state index in [0.717, 1.165) is 70.4 Å². The molecule has 0 saturated carbocycles. The minimum atomic E-state index is 0.622. The molecule has 1 heterocycles. The van der Waals surface area contributed by atoms with E-state index in [1.54, 1.807) is 6.08 Å². The van der Waals surface area contributed by atoms with Gasteiger partial charge in [0.1, 0.15) is 30.7 Å². The fraction of sp³-hybridized carbons (Fsp3) is 0.259. The van der Waals surface area contributed by atoms with E-state index in [0.29, 0.717) is 5.57 Å². The van der Waals surface area contributed by atoms with E-state index >= 15 is 0 Å². The average molecular weight is 416 g/mol. The van der Waals surface area contributed by atoms with Gasteiger partial charge in [0, 0.05) is 46.5 Å². The zero-order valence-corrected chi connectivity index (χ0v) is 18.9. The molecule has 1 N–H and O–H groups in total. The lowest BCUT2D eigenvalue weighted by Crippen LogP contribution is -2.29. The van der Waals surface area contributed by atoms with Crippen molar-refractivity contribution in [1.29, 1.82) is 0 Å². The molecule has 0 spiro atoms. The highest BCUT2D eigenvalue weighted by atomic mass is 16.3. The highest BCUT2D eigenvalue weighted by Crippen LogP contribution is 2.40. The summed E-state index contributed by atoms with van der Waals surface area (Å²) in [6, 6.07) is 12.4. The second kappa shape index (κ2) is 10.1. The zero-order chi connectivity index (χ0) is 22.4. The normalized spacial score (nSPS) is 12.3. The van der Waals surface area contributed by atoms with Gasteiger partial charge in [0.15, 0.2) is 0 Å². The molecule has 4 heteroatoms. The second-order valence-corrected chi connectivity index (χ2v) is 7.25. The molecule has 0 amide bonds. The molecule has 0 atom stereocenters. The maximum atomic E-state index is 11.9. The molecule has 1 aliphatic carbocycles. The SMILES string of the molecule is C=C/C=C(\C(C=O)=C/C)c1c2ccc(=[N+](CC)CC)cc-2oc2cc(NCC)ccc12. The van der Waals surface area contributed by atoms with Crippen LogP contribution < -0.4 is 15.2 Å². The first-order valence-corrected chi connectivity index (χ1v) is 10.9. The minimum Gasteiger partial charge on any atom is -0.456 e. The van der Waals surface area contributed by atoms with Gasteiger partial charge in [-0.1, -0.05) is 24.8 Å². The average Bonchev–Trinajstić information content (AvgIpc) is 2.78. The molecule has 0 bridgehead atoms. The van der Waals surface area contributed by atoms with Crippen LogP contribution in [0.3, 0.4) is 0 Å². The largest absolute Gasteiger partial charge is 0.456 e. The summed E-state index contributed by atoms with van der Waals surface area (Å²) in [5, 5.41) is 5.42. The molecule has 160 valence electrons. The highest BCUT2D eigenvalue weighted by molar-refractivity contribution is 6.09. The molecular formula is C27H31N2O2+. The van der Waals surface area contributed by atoms with Gasteiger partial charge in [-0.15, -0.1) is 0 Å². The third-order valence-corrected chi connectivity index (χ3v) is 5.52. The van der Waals surface area contributed by atoms with E-state index in [9.17, 15) is 4.79 Å². The van der Waals surface area contributed by atoms with Crippen molar-refractivity contribution in [3.63, 3.8) is 0 Å². The first-order chi connectivity index (χ1) is 15.1. The van der Waals surface area contributed by atoms with Crippen LogP contribution in [0.1, 0.15) is 33.3 Å². The molecule has 1 aromatic rings. The second-order valence-electron chi connectivity index (χ2n) is 7.25. The van der Waals surface area contributed by atoms with E-state index < -0.39 is 0 Å². The molecule has 1 aliphatic heterocycles. The van der Waals surface area contributed by atoms with Gasteiger partial charge >= 0.3 is 0 Å². The molecule has 3 rings (SSSR count). The lowest BCUT2D eigenvalue weighted by Gasteiger charge is -2.18. The fourth-order valence-corrected chi connectivity index (χ4v) is 4.00. The van der Waals surface area contributed by atoms with Gasteiger partial charge in [0.2, 0.25) is 5.36 Å². The summed E-state index contributed by atoms with van der Waals surface area (Å²) in [4.78, 5) is 11.9. The summed E-state index contributed by atoms with van der Waals surface area (Å²) >= 11 is 0. The molecule has 0 saturated heterocycles. The Morgan fingerprint density at radius 2 is 1.90 bits per heavy atom. The van der Waals surface area contributed by atoms with Crippen molar-refractivity contribution in [2.24, 2.45) is 0 Å². The Balaban J connectivity index is 2.49. The van der Waals surface area contributed by atoms with Gasteiger partial charge in [-0.05, 0) is 51.5 Å².